The van der Waals surface area contributed by atoms with Crippen molar-refractivity contribution in [1.29, 1.82) is 0 Å². The molecule has 2 aliphatic carbocycles. The van der Waals surface area contributed by atoms with Gasteiger partial charge in [0.2, 0.25) is 0 Å². The molecule has 3 heteroatoms. The molecule has 3 atom stereocenters. The maximum Gasteiger partial charge on any atom is 0.0579 e. The minimum atomic E-state index is 0.370. The van der Waals surface area contributed by atoms with Crippen molar-refractivity contribution in [2.45, 2.75) is 83.2 Å². The Bertz CT molecular complexity index is 553. The molecule has 1 N–H and O–H groups in total. The van der Waals surface area contributed by atoms with Crippen LogP contribution in [-0.2, 0) is 11.3 Å². The van der Waals surface area contributed by atoms with E-state index >= 15 is 0 Å². The Kier molecular flexibility index (Phi) is 5.97. The van der Waals surface area contributed by atoms with Gasteiger partial charge in [0.05, 0.1) is 12.2 Å². The Morgan fingerprint density at radius 3 is 2.50 bits per heavy atom. The third-order valence-corrected chi connectivity index (χ3v) is 6.77. The summed E-state index contributed by atoms with van der Waals surface area (Å²) in [5.41, 5.74) is 1.46. The lowest BCUT2D eigenvalue weighted by molar-refractivity contribution is -0.0170. The molecule has 3 nitrogen and oxygen atoms in total. The van der Waals surface area contributed by atoms with E-state index in [-0.39, 0.29) is 0 Å². The second-order valence-electron chi connectivity index (χ2n) is 9.11. The van der Waals surface area contributed by atoms with Gasteiger partial charge in [-0.15, -0.1) is 0 Å². The van der Waals surface area contributed by atoms with E-state index in [1.165, 1.54) is 57.2 Å². The van der Waals surface area contributed by atoms with Crippen LogP contribution in [-0.4, -0.2) is 42.3 Å². The van der Waals surface area contributed by atoms with Gasteiger partial charge in [-0.3, -0.25) is 4.90 Å². The number of likely N-dealkylation sites (tertiary alicyclic amines) is 1. The average Bonchev–Trinajstić information content (AvgIpc) is 3.18. The Morgan fingerprint density at radius 1 is 1.00 bits per heavy atom. The van der Waals surface area contributed by atoms with Crippen molar-refractivity contribution in [3.05, 3.63) is 35.9 Å². The lowest BCUT2D eigenvalue weighted by Gasteiger charge is -2.33. The Balaban J connectivity index is 1.25. The van der Waals surface area contributed by atoms with Gasteiger partial charge in [0.1, 0.15) is 0 Å². The van der Waals surface area contributed by atoms with Crippen LogP contribution in [0.15, 0.2) is 30.3 Å². The maximum absolute atomic E-state index is 6.01. The van der Waals surface area contributed by atoms with Gasteiger partial charge in [-0.25, -0.2) is 0 Å². The van der Waals surface area contributed by atoms with Gasteiger partial charge < -0.3 is 10.1 Å². The number of benzene rings is 1. The first kappa shape index (κ1) is 18.5. The number of fused-ring (bicyclic) bond motifs is 1. The lowest BCUT2D eigenvalue weighted by atomic mass is 9.90. The summed E-state index contributed by atoms with van der Waals surface area (Å²) in [5.74, 6) is 1.78. The number of rotatable bonds is 6. The highest BCUT2D eigenvalue weighted by molar-refractivity contribution is 5.15. The monoisotopic (exact) mass is 356 g/mol. The molecule has 0 radical (unpaired) electrons. The molecule has 1 aromatic rings. The fourth-order valence-electron chi connectivity index (χ4n) is 5.59. The number of hydrogen-bond donors (Lipinski definition) is 1. The van der Waals surface area contributed by atoms with Crippen LogP contribution >= 0.6 is 0 Å². The third-order valence-electron chi connectivity index (χ3n) is 6.77. The van der Waals surface area contributed by atoms with E-state index in [9.17, 15) is 0 Å². The molecule has 1 heterocycles. The zero-order valence-electron chi connectivity index (χ0n) is 16.6. The van der Waals surface area contributed by atoms with Crippen molar-refractivity contribution in [3.8, 4) is 0 Å². The highest BCUT2D eigenvalue weighted by atomic mass is 16.5. The molecule has 1 aromatic carbocycles. The average molecular weight is 357 g/mol. The molecule has 0 spiro atoms. The number of nitrogens with zero attached hydrogens (tertiary/aromatic N) is 1. The van der Waals surface area contributed by atoms with Gasteiger partial charge in [0.25, 0.3) is 0 Å². The van der Waals surface area contributed by atoms with Gasteiger partial charge in [-0.05, 0) is 69.8 Å². The molecule has 0 unspecified atom stereocenters. The van der Waals surface area contributed by atoms with Gasteiger partial charge in [-0.2, -0.15) is 0 Å². The Hall–Kier alpha value is -0.900. The predicted octanol–water partition coefficient (Wildman–Crippen LogP) is 4.22. The summed E-state index contributed by atoms with van der Waals surface area (Å²) in [4.78, 5) is 2.69. The first-order valence-corrected chi connectivity index (χ1v) is 10.8. The summed E-state index contributed by atoms with van der Waals surface area (Å²) in [6.45, 7) is 8.02. The molecule has 144 valence electrons. The molecule has 3 fully saturated rings. The van der Waals surface area contributed by atoms with E-state index < -0.39 is 0 Å². The fraction of sp³-hybridized carbons (Fsp3) is 0.739. The van der Waals surface area contributed by atoms with Crippen LogP contribution in [0.4, 0.5) is 0 Å². The predicted molar refractivity (Wildman–Crippen MR) is 107 cm³/mol. The quantitative estimate of drug-likeness (QED) is 0.826. The summed E-state index contributed by atoms with van der Waals surface area (Å²) < 4.78 is 6.01. The van der Waals surface area contributed by atoms with Crippen molar-refractivity contribution in [2.24, 2.45) is 11.8 Å². The van der Waals surface area contributed by atoms with Gasteiger partial charge in [-0.1, -0.05) is 30.3 Å². The molecule has 0 bridgehead atoms. The maximum atomic E-state index is 6.01. The van der Waals surface area contributed by atoms with E-state index in [2.05, 4.69) is 54.4 Å². The molecule has 2 saturated carbocycles. The second-order valence-corrected chi connectivity index (χ2v) is 9.11. The third kappa shape index (κ3) is 4.49. The minimum Gasteiger partial charge on any atom is -0.376 e. The van der Waals surface area contributed by atoms with Crippen molar-refractivity contribution >= 4 is 0 Å². The van der Waals surface area contributed by atoms with Crippen LogP contribution in [0.25, 0.3) is 0 Å². The first-order valence-electron chi connectivity index (χ1n) is 10.8. The van der Waals surface area contributed by atoms with Crippen molar-refractivity contribution < 1.29 is 4.74 Å². The van der Waals surface area contributed by atoms with Crippen LogP contribution in [0.5, 0.6) is 0 Å². The Morgan fingerprint density at radius 2 is 1.77 bits per heavy atom. The molecule has 3 aliphatic rings. The van der Waals surface area contributed by atoms with Crippen molar-refractivity contribution in [1.82, 2.24) is 10.2 Å². The van der Waals surface area contributed by atoms with Crippen LogP contribution in [0.3, 0.4) is 0 Å². The molecule has 0 aromatic heterocycles. The summed E-state index contributed by atoms with van der Waals surface area (Å²) >= 11 is 0. The molecule has 0 amide bonds. The van der Waals surface area contributed by atoms with Gasteiger partial charge in [0.15, 0.2) is 0 Å². The highest BCUT2D eigenvalue weighted by Crippen LogP contribution is 2.39. The fourth-order valence-corrected chi connectivity index (χ4v) is 5.59. The van der Waals surface area contributed by atoms with Gasteiger partial charge in [0, 0.05) is 31.7 Å². The summed E-state index contributed by atoms with van der Waals surface area (Å²) in [6.07, 6.45) is 8.72. The summed E-state index contributed by atoms with van der Waals surface area (Å²) in [6, 6.07) is 12.4. The van der Waals surface area contributed by atoms with Crippen LogP contribution < -0.4 is 5.32 Å². The van der Waals surface area contributed by atoms with Crippen LogP contribution in [0.1, 0.15) is 57.9 Å². The van der Waals surface area contributed by atoms with Crippen molar-refractivity contribution in [3.63, 3.8) is 0 Å². The normalized spacial score (nSPS) is 35.1. The number of hydrogen-bond acceptors (Lipinski definition) is 3. The topological polar surface area (TPSA) is 24.5 Å². The summed E-state index contributed by atoms with van der Waals surface area (Å²) in [7, 11) is 0. The molecular weight excluding hydrogens is 320 g/mol. The lowest BCUT2D eigenvalue weighted by Crippen LogP contribution is -2.44. The van der Waals surface area contributed by atoms with Gasteiger partial charge >= 0.3 is 0 Å². The van der Waals surface area contributed by atoms with Crippen molar-refractivity contribution in [2.75, 3.05) is 13.1 Å². The molecule has 1 saturated heterocycles. The number of nitrogens with one attached hydrogen (secondary N) is 1. The standard InChI is InChI=1S/C23H36N2O/c1-17(2)26-21-11-9-20(10-12-21)24-23-13-8-19-15-25(16-22(19)23)14-18-6-4-3-5-7-18/h3-7,17,19-24H,8-16H2,1-2H3/t19-,20?,21?,22+,23-/m1/s1. The van der Waals surface area contributed by atoms with E-state index in [1.807, 2.05) is 0 Å². The first-order chi connectivity index (χ1) is 12.7. The van der Waals surface area contributed by atoms with E-state index in [0.29, 0.717) is 18.2 Å². The minimum absolute atomic E-state index is 0.370. The van der Waals surface area contributed by atoms with E-state index in [4.69, 9.17) is 4.74 Å². The number of ether oxygens (including phenoxy) is 1. The molecule has 1 aliphatic heterocycles. The van der Waals surface area contributed by atoms with Crippen LogP contribution in [0.2, 0.25) is 0 Å². The van der Waals surface area contributed by atoms with E-state index in [0.717, 1.165) is 24.4 Å². The molecular formula is C23H36N2O. The highest BCUT2D eigenvalue weighted by Gasteiger charge is 2.43. The van der Waals surface area contributed by atoms with Crippen LogP contribution in [0, 0.1) is 11.8 Å². The SMILES string of the molecule is CC(C)OC1CCC(N[C@@H]2CC[C@@H]3CN(Cc4ccccc4)C[C@@H]32)CC1. The zero-order chi connectivity index (χ0) is 17.9. The molecule has 4 rings (SSSR count). The van der Waals surface area contributed by atoms with E-state index in [1.54, 1.807) is 0 Å². The smallest absolute Gasteiger partial charge is 0.0579 e. The molecule has 26 heavy (non-hydrogen) atoms. The second kappa shape index (κ2) is 8.41. The Labute approximate surface area is 159 Å². The summed E-state index contributed by atoms with van der Waals surface area (Å²) in [5, 5.41) is 4.07. The zero-order valence-corrected chi connectivity index (χ0v) is 16.6. The largest absolute Gasteiger partial charge is 0.376 e.